The predicted octanol–water partition coefficient (Wildman–Crippen LogP) is 2.88. The quantitative estimate of drug-likeness (QED) is 0.386. The number of ether oxygens (including phenoxy) is 1. The number of aromatic nitrogens is 1. The number of nitrogens with one attached hydrogen (secondary N) is 3. The van der Waals surface area contributed by atoms with E-state index in [1.165, 1.54) is 5.39 Å². The first-order valence-electron chi connectivity index (χ1n) is 7.33. The summed E-state index contributed by atoms with van der Waals surface area (Å²) < 4.78 is 5.13. The zero-order valence-electron chi connectivity index (χ0n) is 13.3. The van der Waals surface area contributed by atoms with Gasteiger partial charge in [-0.15, -0.1) is 24.0 Å². The van der Waals surface area contributed by atoms with Crippen LogP contribution in [0.4, 0.5) is 0 Å². The summed E-state index contributed by atoms with van der Waals surface area (Å²) in [5, 5.41) is 7.78. The third-order valence-electron chi connectivity index (χ3n) is 3.14. The molecule has 5 nitrogen and oxygen atoms in total. The molecule has 1 atom stereocenters. The molecule has 3 N–H and O–H groups in total. The maximum Gasteiger partial charge on any atom is 0.191 e. The lowest BCUT2D eigenvalue weighted by Gasteiger charge is -2.16. The number of methoxy groups -OCH3 is 1. The summed E-state index contributed by atoms with van der Waals surface area (Å²) in [4.78, 5) is 7.99. The highest BCUT2D eigenvalue weighted by molar-refractivity contribution is 14.0. The van der Waals surface area contributed by atoms with Gasteiger partial charge in [-0.05, 0) is 31.4 Å². The van der Waals surface area contributed by atoms with Crippen molar-refractivity contribution < 1.29 is 4.74 Å². The minimum Gasteiger partial charge on any atom is -0.383 e. The fourth-order valence-electron chi connectivity index (χ4n) is 2.23. The van der Waals surface area contributed by atoms with Gasteiger partial charge in [-0.1, -0.05) is 18.2 Å². The zero-order chi connectivity index (χ0) is 15.1. The summed E-state index contributed by atoms with van der Waals surface area (Å²) in [5.41, 5.74) is 2.25. The molecule has 1 unspecified atom stereocenters. The fraction of sp³-hybridized carbons (Fsp3) is 0.438. The second-order valence-electron chi connectivity index (χ2n) is 5.08. The molecular weight excluding hydrogens is 391 g/mol. The second kappa shape index (κ2) is 9.68. The number of para-hydroxylation sites is 1. The van der Waals surface area contributed by atoms with Crippen LogP contribution in [0.25, 0.3) is 10.9 Å². The molecule has 1 aromatic heterocycles. The second-order valence-corrected chi connectivity index (χ2v) is 5.08. The third kappa shape index (κ3) is 5.49. The molecule has 0 saturated carbocycles. The maximum absolute atomic E-state index is 5.13. The Morgan fingerprint density at radius 1 is 1.36 bits per heavy atom. The molecule has 0 fully saturated rings. The molecule has 22 heavy (non-hydrogen) atoms. The number of nitrogens with zero attached hydrogens (tertiary/aromatic N) is 1. The maximum atomic E-state index is 5.13. The number of aliphatic imine (C=N–C) groups is 1. The van der Waals surface area contributed by atoms with Gasteiger partial charge in [0.15, 0.2) is 5.96 Å². The predicted molar refractivity (Wildman–Crippen MR) is 103 cm³/mol. The van der Waals surface area contributed by atoms with Crippen molar-refractivity contribution in [2.45, 2.75) is 26.4 Å². The smallest absolute Gasteiger partial charge is 0.191 e. The van der Waals surface area contributed by atoms with E-state index in [-0.39, 0.29) is 30.0 Å². The van der Waals surface area contributed by atoms with Crippen molar-refractivity contribution in [3.63, 3.8) is 0 Å². The molecule has 122 valence electrons. The van der Waals surface area contributed by atoms with Gasteiger partial charge in [0, 0.05) is 30.9 Å². The van der Waals surface area contributed by atoms with E-state index in [0.717, 1.165) is 23.7 Å². The number of aromatic amines is 1. The molecule has 0 aliphatic heterocycles. The van der Waals surface area contributed by atoms with Gasteiger partial charge in [-0.3, -0.25) is 0 Å². The summed E-state index contributed by atoms with van der Waals surface area (Å²) >= 11 is 0. The van der Waals surface area contributed by atoms with Crippen LogP contribution in [0.5, 0.6) is 0 Å². The highest BCUT2D eigenvalue weighted by Crippen LogP contribution is 2.14. The van der Waals surface area contributed by atoms with Crippen LogP contribution < -0.4 is 10.6 Å². The Kier molecular flexibility index (Phi) is 8.26. The van der Waals surface area contributed by atoms with Gasteiger partial charge >= 0.3 is 0 Å². The van der Waals surface area contributed by atoms with Gasteiger partial charge < -0.3 is 20.4 Å². The minimum absolute atomic E-state index is 0. The highest BCUT2D eigenvalue weighted by Gasteiger charge is 2.05. The topological polar surface area (TPSA) is 61.4 Å². The van der Waals surface area contributed by atoms with E-state index in [1.54, 1.807) is 7.11 Å². The highest BCUT2D eigenvalue weighted by atomic mass is 127. The number of benzene rings is 1. The van der Waals surface area contributed by atoms with Crippen molar-refractivity contribution in [2.24, 2.45) is 4.99 Å². The van der Waals surface area contributed by atoms with Gasteiger partial charge in [-0.2, -0.15) is 0 Å². The number of guanidine groups is 1. The molecule has 2 rings (SSSR count). The molecule has 0 spiro atoms. The number of fused-ring (bicyclic) bond motifs is 1. The summed E-state index contributed by atoms with van der Waals surface area (Å²) in [7, 11) is 1.70. The van der Waals surface area contributed by atoms with Gasteiger partial charge in [0.05, 0.1) is 13.2 Å². The van der Waals surface area contributed by atoms with E-state index in [0.29, 0.717) is 13.2 Å². The summed E-state index contributed by atoms with van der Waals surface area (Å²) in [5.74, 6) is 0.806. The lowest BCUT2D eigenvalue weighted by molar-refractivity contribution is 0.179. The van der Waals surface area contributed by atoms with Crippen LogP contribution in [-0.2, 0) is 11.3 Å². The zero-order valence-corrected chi connectivity index (χ0v) is 15.7. The van der Waals surface area contributed by atoms with E-state index in [1.807, 2.05) is 12.1 Å². The molecule has 0 aliphatic rings. The van der Waals surface area contributed by atoms with E-state index >= 15 is 0 Å². The lowest BCUT2D eigenvalue weighted by atomic mass is 10.2. The summed E-state index contributed by atoms with van der Waals surface area (Å²) in [6.07, 6.45) is 0. The Morgan fingerprint density at radius 3 is 2.82 bits per heavy atom. The molecule has 6 heteroatoms. The molecule has 0 saturated heterocycles. The van der Waals surface area contributed by atoms with E-state index in [4.69, 9.17) is 4.74 Å². The van der Waals surface area contributed by atoms with Crippen molar-refractivity contribution in [3.05, 3.63) is 36.0 Å². The van der Waals surface area contributed by atoms with Crippen molar-refractivity contribution in [1.82, 2.24) is 15.6 Å². The fourth-order valence-corrected chi connectivity index (χ4v) is 2.23. The van der Waals surface area contributed by atoms with Gasteiger partial charge in [0.25, 0.3) is 0 Å². The third-order valence-corrected chi connectivity index (χ3v) is 3.14. The summed E-state index contributed by atoms with van der Waals surface area (Å²) in [6, 6.07) is 10.6. The average molecular weight is 416 g/mol. The Balaban J connectivity index is 0.00000242. The normalized spacial score (nSPS) is 12.8. The van der Waals surface area contributed by atoms with Crippen LogP contribution >= 0.6 is 24.0 Å². The first kappa shape index (κ1) is 18.8. The number of halogens is 1. The SMILES string of the molecule is CCNC(=NCc1cc2ccccc2[nH]1)NC(C)COC.I. The lowest BCUT2D eigenvalue weighted by Crippen LogP contribution is -2.43. The molecule has 0 bridgehead atoms. The van der Waals surface area contributed by atoms with Crippen LogP contribution in [0.1, 0.15) is 19.5 Å². The van der Waals surface area contributed by atoms with Gasteiger partial charge in [0.1, 0.15) is 0 Å². The Labute approximate surface area is 148 Å². The van der Waals surface area contributed by atoms with Crippen molar-refractivity contribution in [1.29, 1.82) is 0 Å². The standard InChI is InChI=1S/C16H24N4O.HI/c1-4-17-16(19-12(2)11-21-3)18-10-14-9-13-7-5-6-8-15(13)20-14;/h5-9,12,20H,4,10-11H2,1-3H3,(H2,17,18,19);1H. The molecule has 0 amide bonds. The van der Waals surface area contributed by atoms with Crippen molar-refractivity contribution >= 4 is 40.8 Å². The Hall–Kier alpha value is -1.28. The van der Waals surface area contributed by atoms with E-state index in [2.05, 4.69) is 52.7 Å². The first-order valence-corrected chi connectivity index (χ1v) is 7.33. The molecule has 0 aliphatic carbocycles. The molecule has 1 aromatic carbocycles. The largest absolute Gasteiger partial charge is 0.383 e. The first-order chi connectivity index (χ1) is 10.2. The van der Waals surface area contributed by atoms with Crippen LogP contribution in [0.15, 0.2) is 35.3 Å². The van der Waals surface area contributed by atoms with E-state index < -0.39 is 0 Å². The summed E-state index contributed by atoms with van der Waals surface area (Å²) in [6.45, 7) is 6.22. The van der Waals surface area contributed by atoms with Crippen LogP contribution in [0, 0.1) is 0 Å². The number of rotatable bonds is 6. The number of hydrogen-bond acceptors (Lipinski definition) is 2. The molecule has 0 radical (unpaired) electrons. The van der Waals surface area contributed by atoms with Crippen molar-refractivity contribution in [2.75, 3.05) is 20.3 Å². The van der Waals surface area contributed by atoms with Gasteiger partial charge in [-0.25, -0.2) is 4.99 Å². The van der Waals surface area contributed by atoms with Crippen LogP contribution in [-0.4, -0.2) is 37.2 Å². The number of H-pyrrole nitrogens is 1. The Morgan fingerprint density at radius 2 is 2.14 bits per heavy atom. The number of hydrogen-bond donors (Lipinski definition) is 3. The molecule has 1 heterocycles. The minimum atomic E-state index is 0. The average Bonchev–Trinajstić information content (AvgIpc) is 2.88. The van der Waals surface area contributed by atoms with Crippen LogP contribution in [0.3, 0.4) is 0 Å². The van der Waals surface area contributed by atoms with Crippen molar-refractivity contribution in [3.8, 4) is 0 Å². The van der Waals surface area contributed by atoms with Crippen LogP contribution in [0.2, 0.25) is 0 Å². The molecule has 2 aromatic rings. The van der Waals surface area contributed by atoms with E-state index in [9.17, 15) is 0 Å². The molecular formula is C16H25IN4O. The van der Waals surface area contributed by atoms with Gasteiger partial charge in [0.2, 0.25) is 0 Å². The monoisotopic (exact) mass is 416 g/mol. The Bertz CT molecular complexity index is 564.